The van der Waals surface area contributed by atoms with Gasteiger partial charge in [0, 0.05) is 6.08 Å². The molecule has 5 nitrogen and oxygen atoms in total. The summed E-state index contributed by atoms with van der Waals surface area (Å²) in [4.78, 5) is 9.77. The fraction of sp³-hybridized carbons (Fsp3) is 0.500. The topological polar surface area (TPSA) is 76.0 Å². The van der Waals surface area contributed by atoms with Gasteiger partial charge in [-0.1, -0.05) is 0 Å². The Hall–Kier alpha value is -1.07. The molecule has 1 aliphatic rings. The molecule has 5 heteroatoms. The zero-order valence-corrected chi connectivity index (χ0v) is 5.64. The summed E-state index contributed by atoms with van der Waals surface area (Å²) in [5, 5.41) is 17.9. The Bertz CT molecular complexity index is 176. The van der Waals surface area contributed by atoms with Crippen molar-refractivity contribution in [1.82, 2.24) is 0 Å². The van der Waals surface area contributed by atoms with Crippen LogP contribution in [0.25, 0.3) is 0 Å². The molecule has 1 aliphatic heterocycles. The minimum Gasteiger partial charge on any atom is -0.462 e. The van der Waals surface area contributed by atoms with Gasteiger partial charge in [-0.3, -0.25) is 4.79 Å². The lowest BCUT2D eigenvalue weighted by Gasteiger charge is -2.21. The number of ether oxygens (including phenoxy) is 2. The first-order valence-electron chi connectivity index (χ1n) is 3.05. The highest BCUT2D eigenvalue weighted by Crippen LogP contribution is 2.11. The minimum absolute atomic E-state index is 0.0686. The van der Waals surface area contributed by atoms with Gasteiger partial charge < -0.3 is 19.7 Å². The van der Waals surface area contributed by atoms with E-state index >= 15 is 0 Å². The van der Waals surface area contributed by atoms with Crippen LogP contribution in [0.3, 0.4) is 0 Å². The minimum atomic E-state index is -1.03. The van der Waals surface area contributed by atoms with E-state index in [0.29, 0.717) is 0 Å². The van der Waals surface area contributed by atoms with Gasteiger partial charge in [0.15, 0.2) is 0 Å². The number of aliphatic hydroxyl groups excluding tert-OH is 2. The fourth-order valence-electron chi connectivity index (χ4n) is 0.685. The van der Waals surface area contributed by atoms with Crippen LogP contribution in [0.4, 0.5) is 0 Å². The molecule has 0 spiro atoms. The van der Waals surface area contributed by atoms with E-state index in [9.17, 15) is 4.79 Å². The van der Waals surface area contributed by atoms with Crippen molar-refractivity contribution in [3.63, 3.8) is 0 Å². The van der Waals surface area contributed by atoms with E-state index in [0.717, 1.165) is 6.08 Å². The first-order chi connectivity index (χ1) is 5.24. The number of hydrogen-bond acceptors (Lipinski definition) is 5. The first-order valence-corrected chi connectivity index (χ1v) is 3.05. The van der Waals surface area contributed by atoms with Gasteiger partial charge in [-0.25, -0.2) is 0 Å². The van der Waals surface area contributed by atoms with E-state index in [1.807, 2.05) is 0 Å². The van der Waals surface area contributed by atoms with Crippen molar-refractivity contribution < 1.29 is 24.5 Å². The molecule has 0 aromatic carbocycles. The van der Waals surface area contributed by atoms with Gasteiger partial charge in [0.25, 0.3) is 5.95 Å². The van der Waals surface area contributed by atoms with Gasteiger partial charge >= 0.3 is 6.47 Å². The molecule has 0 aromatic heterocycles. The summed E-state index contributed by atoms with van der Waals surface area (Å²) in [7, 11) is 0. The lowest BCUT2D eigenvalue weighted by molar-refractivity contribution is -0.134. The van der Waals surface area contributed by atoms with Crippen LogP contribution in [-0.4, -0.2) is 35.5 Å². The maximum absolute atomic E-state index is 9.77. The smallest absolute Gasteiger partial charge is 0.300 e. The summed E-state index contributed by atoms with van der Waals surface area (Å²) in [5.41, 5.74) is 0. The molecule has 0 radical (unpaired) electrons. The van der Waals surface area contributed by atoms with Gasteiger partial charge in [-0.2, -0.15) is 0 Å². The average Bonchev–Trinajstić information content (AvgIpc) is 1.98. The second-order valence-corrected chi connectivity index (χ2v) is 2.07. The Balaban J connectivity index is 2.55. The van der Waals surface area contributed by atoms with Gasteiger partial charge in [-0.05, 0) is 0 Å². The zero-order chi connectivity index (χ0) is 8.27. The average molecular weight is 160 g/mol. The second-order valence-electron chi connectivity index (χ2n) is 2.07. The van der Waals surface area contributed by atoms with E-state index in [2.05, 4.69) is 4.74 Å². The van der Waals surface area contributed by atoms with Crippen LogP contribution in [0.15, 0.2) is 12.0 Å². The standard InChI is InChI=1S/C6H8O5/c7-3-11-6-1-4(8)5(9)2-10-6/h1,3-5,8-9H,2H2. The van der Waals surface area contributed by atoms with Crippen LogP contribution >= 0.6 is 0 Å². The SMILES string of the molecule is O=COC1=CC(O)C(O)CO1. The second kappa shape index (κ2) is 3.36. The summed E-state index contributed by atoms with van der Waals surface area (Å²) < 4.78 is 8.99. The molecule has 62 valence electrons. The summed E-state index contributed by atoms with van der Waals surface area (Å²) in [5.74, 6) is -0.0715. The van der Waals surface area contributed by atoms with Crippen molar-refractivity contribution >= 4 is 6.47 Å². The van der Waals surface area contributed by atoms with Crippen molar-refractivity contribution in [2.75, 3.05) is 6.61 Å². The van der Waals surface area contributed by atoms with Gasteiger partial charge in [0.2, 0.25) is 0 Å². The summed E-state index contributed by atoms with van der Waals surface area (Å²) in [6, 6.07) is 0. The Morgan fingerprint density at radius 3 is 3.00 bits per heavy atom. The lowest BCUT2D eigenvalue weighted by Crippen LogP contribution is -2.33. The highest BCUT2D eigenvalue weighted by molar-refractivity contribution is 5.39. The predicted octanol–water partition coefficient (Wildman–Crippen LogP) is -1.25. The van der Waals surface area contributed by atoms with Crippen molar-refractivity contribution in [2.45, 2.75) is 12.2 Å². The van der Waals surface area contributed by atoms with Gasteiger partial charge in [0.05, 0.1) is 0 Å². The molecular formula is C6H8O5. The molecule has 0 saturated heterocycles. The van der Waals surface area contributed by atoms with E-state index in [1.54, 1.807) is 0 Å². The number of hydrogen-bond donors (Lipinski definition) is 2. The molecule has 0 bridgehead atoms. The third kappa shape index (κ3) is 1.92. The molecule has 0 saturated carbocycles. The molecule has 2 atom stereocenters. The summed E-state index contributed by atoms with van der Waals surface area (Å²) >= 11 is 0. The van der Waals surface area contributed by atoms with E-state index in [1.165, 1.54) is 0 Å². The molecule has 2 unspecified atom stereocenters. The molecule has 0 aliphatic carbocycles. The Morgan fingerprint density at radius 2 is 2.45 bits per heavy atom. The molecule has 1 heterocycles. The Morgan fingerprint density at radius 1 is 1.73 bits per heavy atom. The normalized spacial score (nSPS) is 30.2. The van der Waals surface area contributed by atoms with Crippen LogP contribution in [0, 0.1) is 0 Å². The van der Waals surface area contributed by atoms with Crippen molar-refractivity contribution in [3.8, 4) is 0 Å². The van der Waals surface area contributed by atoms with Crippen LogP contribution in [0.2, 0.25) is 0 Å². The molecule has 11 heavy (non-hydrogen) atoms. The fourth-order valence-corrected chi connectivity index (χ4v) is 0.685. The molecule has 0 amide bonds. The monoisotopic (exact) mass is 160 g/mol. The number of carbonyl (C=O) groups is 1. The Kier molecular flexibility index (Phi) is 2.45. The van der Waals surface area contributed by atoms with Crippen LogP contribution < -0.4 is 0 Å². The number of aliphatic hydroxyl groups is 2. The lowest BCUT2D eigenvalue weighted by atomic mass is 10.2. The van der Waals surface area contributed by atoms with Crippen LogP contribution in [0.1, 0.15) is 0 Å². The first kappa shape index (κ1) is 8.03. The Labute approximate surface area is 62.8 Å². The van der Waals surface area contributed by atoms with E-state index < -0.39 is 12.2 Å². The number of rotatable bonds is 2. The van der Waals surface area contributed by atoms with Crippen LogP contribution in [-0.2, 0) is 14.3 Å². The van der Waals surface area contributed by atoms with Crippen LogP contribution in [0.5, 0.6) is 0 Å². The maximum Gasteiger partial charge on any atom is 0.300 e. The quantitative estimate of drug-likeness (QED) is 0.494. The highest BCUT2D eigenvalue weighted by Gasteiger charge is 2.22. The van der Waals surface area contributed by atoms with E-state index in [-0.39, 0.29) is 19.0 Å². The van der Waals surface area contributed by atoms with Crippen molar-refractivity contribution in [2.24, 2.45) is 0 Å². The molecule has 2 N–H and O–H groups in total. The molecular weight excluding hydrogens is 152 g/mol. The summed E-state index contributed by atoms with van der Waals surface area (Å²) in [6.45, 7) is 0.122. The maximum atomic E-state index is 9.77. The van der Waals surface area contributed by atoms with E-state index in [4.69, 9.17) is 14.9 Å². The largest absolute Gasteiger partial charge is 0.462 e. The van der Waals surface area contributed by atoms with Crippen molar-refractivity contribution in [1.29, 1.82) is 0 Å². The molecule has 0 fully saturated rings. The highest BCUT2D eigenvalue weighted by atomic mass is 16.7. The third-order valence-electron chi connectivity index (χ3n) is 1.26. The third-order valence-corrected chi connectivity index (χ3v) is 1.26. The molecule has 1 rings (SSSR count). The summed E-state index contributed by atoms with van der Waals surface area (Å²) in [6.07, 6.45) is -0.851. The predicted molar refractivity (Wildman–Crippen MR) is 33.2 cm³/mol. The zero-order valence-electron chi connectivity index (χ0n) is 5.64. The van der Waals surface area contributed by atoms with Gasteiger partial charge in [-0.15, -0.1) is 0 Å². The van der Waals surface area contributed by atoms with Crippen molar-refractivity contribution in [3.05, 3.63) is 12.0 Å². The molecule has 0 aromatic rings. The number of carbonyl (C=O) groups excluding carboxylic acids is 1. The van der Waals surface area contributed by atoms with Gasteiger partial charge in [0.1, 0.15) is 18.8 Å².